The molecule has 11 heavy (non-hydrogen) atoms. The lowest BCUT2D eigenvalue weighted by atomic mass is 9.88. The summed E-state index contributed by atoms with van der Waals surface area (Å²) >= 11 is 0. The Balaban J connectivity index is 2.50. The van der Waals surface area contributed by atoms with Gasteiger partial charge < -0.3 is 0 Å². The molecule has 1 aliphatic carbocycles. The Morgan fingerprint density at radius 2 is 2.36 bits per heavy atom. The van der Waals surface area contributed by atoms with Crippen LogP contribution in [0.25, 0.3) is 0 Å². The van der Waals surface area contributed by atoms with E-state index in [4.69, 9.17) is 0 Å². The first-order chi connectivity index (χ1) is 5.25. The molecule has 2 atom stereocenters. The van der Waals surface area contributed by atoms with E-state index in [1.54, 1.807) is 0 Å². The summed E-state index contributed by atoms with van der Waals surface area (Å²) in [4.78, 5) is 0. The minimum Gasteiger partial charge on any atom is -0.239 e. The molecular weight excluding hydrogens is 146 g/mol. The van der Waals surface area contributed by atoms with E-state index in [1.165, 1.54) is 6.08 Å². The maximum atomic E-state index is 13.0. The molecule has 0 aliphatic heterocycles. The molecule has 2 unspecified atom stereocenters. The predicted molar refractivity (Wildman–Crippen MR) is 41.7 cm³/mol. The summed E-state index contributed by atoms with van der Waals surface area (Å²) in [6, 6.07) is 0. The van der Waals surface area contributed by atoms with Gasteiger partial charge in [0.25, 0.3) is 0 Å². The van der Waals surface area contributed by atoms with Gasteiger partial charge in [0.2, 0.25) is 0 Å². The van der Waals surface area contributed by atoms with Crippen molar-refractivity contribution in [2.45, 2.75) is 38.8 Å². The van der Waals surface area contributed by atoms with Gasteiger partial charge in [-0.1, -0.05) is 13.3 Å². The van der Waals surface area contributed by atoms with E-state index in [1.807, 2.05) is 6.92 Å². The maximum absolute atomic E-state index is 13.0. The molecule has 0 bridgehead atoms. The molecule has 0 radical (unpaired) electrons. The number of allylic oxidation sites excluding steroid dienone is 2. The van der Waals surface area contributed by atoms with Gasteiger partial charge >= 0.3 is 0 Å². The van der Waals surface area contributed by atoms with Crippen molar-refractivity contribution in [3.63, 3.8) is 0 Å². The first kappa shape index (κ1) is 8.69. The van der Waals surface area contributed by atoms with E-state index < -0.39 is 12.0 Å². The Morgan fingerprint density at radius 3 is 3.00 bits per heavy atom. The van der Waals surface area contributed by atoms with Crippen LogP contribution in [-0.4, -0.2) is 6.17 Å². The smallest absolute Gasteiger partial charge is 0.154 e. The van der Waals surface area contributed by atoms with Gasteiger partial charge in [0.15, 0.2) is 6.17 Å². The van der Waals surface area contributed by atoms with Crippen molar-refractivity contribution in [2.75, 3.05) is 0 Å². The van der Waals surface area contributed by atoms with Crippen molar-refractivity contribution >= 4 is 0 Å². The molecule has 0 N–H and O–H groups in total. The summed E-state index contributed by atoms with van der Waals surface area (Å²) in [5.74, 6) is -0.611. The lowest BCUT2D eigenvalue weighted by Gasteiger charge is -2.22. The van der Waals surface area contributed by atoms with Gasteiger partial charge in [-0.05, 0) is 31.3 Å². The van der Waals surface area contributed by atoms with Crippen LogP contribution in [-0.2, 0) is 0 Å². The Morgan fingerprint density at radius 1 is 1.64 bits per heavy atom. The minimum absolute atomic E-state index is 0.0648. The largest absolute Gasteiger partial charge is 0.239 e. The summed E-state index contributed by atoms with van der Waals surface area (Å²) in [5, 5.41) is 0. The zero-order chi connectivity index (χ0) is 8.27. The van der Waals surface area contributed by atoms with Gasteiger partial charge in [0.1, 0.15) is 5.83 Å². The second-order valence-corrected chi connectivity index (χ2v) is 3.12. The van der Waals surface area contributed by atoms with Crippen LogP contribution in [0, 0.1) is 5.92 Å². The van der Waals surface area contributed by atoms with E-state index in [0.29, 0.717) is 6.42 Å². The number of hydrogen-bond acceptors (Lipinski definition) is 0. The molecule has 0 aromatic rings. The van der Waals surface area contributed by atoms with Crippen LogP contribution in [0.1, 0.15) is 32.6 Å². The quantitative estimate of drug-likeness (QED) is 0.580. The fraction of sp³-hybridized carbons (Fsp3) is 0.778. The molecule has 0 aromatic heterocycles. The zero-order valence-corrected chi connectivity index (χ0v) is 6.82. The van der Waals surface area contributed by atoms with Crippen molar-refractivity contribution in [3.8, 4) is 0 Å². The highest BCUT2D eigenvalue weighted by Crippen LogP contribution is 2.30. The monoisotopic (exact) mass is 160 g/mol. The molecule has 0 heterocycles. The fourth-order valence-corrected chi connectivity index (χ4v) is 1.58. The molecule has 1 aliphatic rings. The highest BCUT2D eigenvalue weighted by atomic mass is 19.2. The molecule has 0 saturated carbocycles. The number of rotatable bonds is 2. The third-order valence-corrected chi connectivity index (χ3v) is 2.21. The Bertz CT molecular complexity index is 152. The minimum atomic E-state index is -1.32. The standard InChI is InChI=1S/C9H14F2/c1-2-4-7-5-3-6-8(10)9(7)11/h6-7,9H,2-5H2,1H3. The average molecular weight is 160 g/mol. The van der Waals surface area contributed by atoms with Crippen molar-refractivity contribution in [3.05, 3.63) is 11.9 Å². The molecule has 0 spiro atoms. The number of halogens is 2. The van der Waals surface area contributed by atoms with Crippen molar-refractivity contribution in [1.82, 2.24) is 0 Å². The van der Waals surface area contributed by atoms with Crippen LogP contribution in [0.2, 0.25) is 0 Å². The third kappa shape index (κ3) is 2.01. The molecule has 2 heteroatoms. The molecular formula is C9H14F2. The van der Waals surface area contributed by atoms with E-state index in [-0.39, 0.29) is 5.92 Å². The van der Waals surface area contributed by atoms with Gasteiger partial charge in [-0.3, -0.25) is 0 Å². The van der Waals surface area contributed by atoms with Crippen LogP contribution in [0.5, 0.6) is 0 Å². The zero-order valence-electron chi connectivity index (χ0n) is 6.82. The Kier molecular flexibility index (Phi) is 3.03. The second kappa shape index (κ2) is 3.84. The molecule has 0 saturated heterocycles. The summed E-state index contributed by atoms with van der Waals surface area (Å²) in [5.41, 5.74) is 0. The second-order valence-electron chi connectivity index (χ2n) is 3.12. The van der Waals surface area contributed by atoms with Crippen LogP contribution in [0.15, 0.2) is 11.9 Å². The summed E-state index contributed by atoms with van der Waals surface area (Å²) < 4.78 is 25.6. The first-order valence-corrected chi connectivity index (χ1v) is 4.25. The van der Waals surface area contributed by atoms with Crippen LogP contribution >= 0.6 is 0 Å². The van der Waals surface area contributed by atoms with Crippen molar-refractivity contribution in [2.24, 2.45) is 5.92 Å². The lowest BCUT2D eigenvalue weighted by molar-refractivity contribution is 0.197. The molecule has 1 rings (SSSR count). The topological polar surface area (TPSA) is 0 Å². The van der Waals surface area contributed by atoms with Crippen LogP contribution < -0.4 is 0 Å². The lowest BCUT2D eigenvalue weighted by Crippen LogP contribution is -2.19. The Hall–Kier alpha value is -0.400. The molecule has 0 nitrogen and oxygen atoms in total. The summed E-state index contributed by atoms with van der Waals surface area (Å²) in [6.07, 6.45) is 3.32. The van der Waals surface area contributed by atoms with Gasteiger partial charge in [0.05, 0.1) is 0 Å². The highest BCUT2D eigenvalue weighted by Gasteiger charge is 2.26. The molecule has 64 valence electrons. The normalized spacial score (nSPS) is 31.7. The SMILES string of the molecule is CCCC1CCC=C(F)C1F. The third-order valence-electron chi connectivity index (χ3n) is 2.21. The number of hydrogen-bond donors (Lipinski definition) is 0. The predicted octanol–water partition coefficient (Wildman–Crippen LogP) is 3.39. The van der Waals surface area contributed by atoms with Gasteiger partial charge in [0, 0.05) is 0 Å². The Labute approximate surface area is 66.3 Å². The van der Waals surface area contributed by atoms with Crippen LogP contribution in [0.3, 0.4) is 0 Å². The van der Waals surface area contributed by atoms with E-state index in [0.717, 1.165) is 19.3 Å². The maximum Gasteiger partial charge on any atom is 0.154 e. The number of alkyl halides is 1. The molecule has 0 amide bonds. The fourth-order valence-electron chi connectivity index (χ4n) is 1.58. The molecule has 0 fully saturated rings. The first-order valence-electron chi connectivity index (χ1n) is 4.25. The van der Waals surface area contributed by atoms with E-state index in [9.17, 15) is 8.78 Å². The molecule has 0 aromatic carbocycles. The van der Waals surface area contributed by atoms with E-state index >= 15 is 0 Å². The van der Waals surface area contributed by atoms with Gasteiger partial charge in [-0.25, -0.2) is 8.78 Å². The van der Waals surface area contributed by atoms with E-state index in [2.05, 4.69) is 0 Å². The summed E-state index contributed by atoms with van der Waals surface area (Å²) in [7, 11) is 0. The van der Waals surface area contributed by atoms with Gasteiger partial charge in [-0.2, -0.15) is 0 Å². The van der Waals surface area contributed by atoms with Gasteiger partial charge in [-0.15, -0.1) is 0 Å². The summed E-state index contributed by atoms with van der Waals surface area (Å²) in [6.45, 7) is 2.00. The highest BCUT2D eigenvalue weighted by molar-refractivity contribution is 5.05. The van der Waals surface area contributed by atoms with Crippen molar-refractivity contribution in [1.29, 1.82) is 0 Å². The van der Waals surface area contributed by atoms with Crippen LogP contribution in [0.4, 0.5) is 8.78 Å². The average Bonchev–Trinajstić information content (AvgIpc) is 1.99. The van der Waals surface area contributed by atoms with Crippen molar-refractivity contribution < 1.29 is 8.78 Å².